The van der Waals surface area contributed by atoms with Gasteiger partial charge in [-0.2, -0.15) is 26.3 Å². The van der Waals surface area contributed by atoms with Gasteiger partial charge in [-0.1, -0.05) is 0 Å². The Morgan fingerprint density at radius 1 is 1.23 bits per heavy atom. The molecule has 1 atom stereocenters. The van der Waals surface area contributed by atoms with Gasteiger partial charge in [0.25, 0.3) is 0 Å². The highest BCUT2D eigenvalue weighted by atomic mass is 19.4. The molecule has 1 unspecified atom stereocenters. The predicted octanol–water partition coefficient (Wildman–Crippen LogP) is 2.17. The molecule has 0 aliphatic carbocycles. The molecule has 9 heteroatoms. The van der Waals surface area contributed by atoms with Crippen LogP contribution in [0.2, 0.25) is 0 Å². The lowest BCUT2D eigenvalue weighted by Crippen LogP contribution is -2.46. The monoisotopic (exact) mass is 212 g/mol. The van der Waals surface area contributed by atoms with Gasteiger partial charge in [-0.3, -0.25) is 0 Å². The number of carboxylic acid groups (broad SMARTS) is 1. The van der Waals surface area contributed by atoms with Gasteiger partial charge in [-0.05, 0) is 0 Å². The summed E-state index contributed by atoms with van der Waals surface area (Å²) in [4.78, 5) is 9.42. The summed E-state index contributed by atoms with van der Waals surface area (Å²) in [6.45, 7) is 0. The van der Waals surface area contributed by atoms with Gasteiger partial charge >= 0.3 is 24.6 Å². The van der Waals surface area contributed by atoms with Gasteiger partial charge in [-0.25, -0.2) is 4.79 Å². The Morgan fingerprint density at radius 2 is 1.62 bits per heavy atom. The lowest BCUT2D eigenvalue weighted by molar-refractivity contribution is -0.333. The third-order valence-electron chi connectivity index (χ3n) is 0.867. The molecule has 0 heterocycles. The zero-order chi connectivity index (χ0) is 10.9. The van der Waals surface area contributed by atoms with E-state index in [9.17, 15) is 31.1 Å². The fourth-order valence-corrected chi connectivity index (χ4v) is 0.291. The summed E-state index contributed by atoms with van der Waals surface area (Å²) < 4.78 is 71.9. The number of rotatable bonds is 2. The second kappa shape index (κ2) is 3.30. The van der Waals surface area contributed by atoms with Crippen LogP contribution in [0.15, 0.2) is 0 Å². The van der Waals surface area contributed by atoms with Crippen molar-refractivity contribution in [2.45, 2.75) is 18.5 Å². The first-order valence-corrected chi connectivity index (χ1v) is 2.57. The minimum atomic E-state index is -6.19. The number of carbonyl (C=O) groups is 1. The van der Waals surface area contributed by atoms with Crippen LogP contribution in [0.1, 0.15) is 0 Å². The van der Waals surface area contributed by atoms with Crippen molar-refractivity contribution in [2.75, 3.05) is 0 Å². The number of hydrogen-bond donors (Lipinski definition) is 1. The van der Waals surface area contributed by atoms with Gasteiger partial charge in [-0.15, -0.1) is 0 Å². The molecule has 13 heavy (non-hydrogen) atoms. The van der Waals surface area contributed by atoms with Crippen LogP contribution in [0.3, 0.4) is 0 Å². The first-order valence-electron chi connectivity index (χ1n) is 2.57. The standard InChI is InChI=1S/C4H2F6O3/c5-1(13-2(11)12)3(6,7)4(8,9)10/h1H,(H,11,12). The molecule has 0 fully saturated rings. The molecule has 3 nitrogen and oxygen atoms in total. The number of halogens is 6. The van der Waals surface area contributed by atoms with Crippen molar-refractivity contribution < 1.29 is 41.0 Å². The quantitative estimate of drug-likeness (QED) is 0.563. The average molecular weight is 212 g/mol. The van der Waals surface area contributed by atoms with Gasteiger partial charge in [0.1, 0.15) is 0 Å². The molecular formula is C4H2F6O3. The Kier molecular flexibility index (Phi) is 3.01. The first-order chi connectivity index (χ1) is 5.59. The summed E-state index contributed by atoms with van der Waals surface area (Å²) in [6.07, 6.45) is -13.0. The van der Waals surface area contributed by atoms with Crippen LogP contribution in [-0.2, 0) is 4.74 Å². The van der Waals surface area contributed by atoms with Crippen LogP contribution in [0.25, 0.3) is 0 Å². The van der Waals surface area contributed by atoms with E-state index in [1.54, 1.807) is 0 Å². The molecule has 0 radical (unpaired) electrons. The van der Waals surface area contributed by atoms with Crippen LogP contribution in [-0.4, -0.2) is 29.7 Å². The minimum absolute atomic E-state index is 2.56. The maximum atomic E-state index is 11.9. The highest BCUT2D eigenvalue weighted by Crippen LogP contribution is 2.39. The summed E-state index contributed by atoms with van der Waals surface area (Å²) >= 11 is 0. The van der Waals surface area contributed by atoms with Crippen LogP contribution < -0.4 is 0 Å². The lowest BCUT2D eigenvalue weighted by Gasteiger charge is -2.21. The highest BCUT2D eigenvalue weighted by Gasteiger charge is 2.65. The molecule has 0 aliphatic rings. The molecule has 1 N–H and O–H groups in total. The van der Waals surface area contributed by atoms with Gasteiger partial charge < -0.3 is 9.84 Å². The van der Waals surface area contributed by atoms with E-state index >= 15 is 0 Å². The summed E-state index contributed by atoms with van der Waals surface area (Å²) in [6, 6.07) is 0. The maximum Gasteiger partial charge on any atom is 0.508 e. The van der Waals surface area contributed by atoms with Crippen LogP contribution >= 0.6 is 0 Å². The molecule has 0 saturated carbocycles. The molecule has 0 saturated heterocycles. The predicted molar refractivity (Wildman–Crippen MR) is 25.0 cm³/mol. The molecule has 0 rings (SSSR count). The van der Waals surface area contributed by atoms with Gasteiger partial charge in [0.15, 0.2) is 0 Å². The van der Waals surface area contributed by atoms with Crippen molar-refractivity contribution in [3.05, 3.63) is 0 Å². The maximum absolute atomic E-state index is 11.9. The minimum Gasteiger partial charge on any atom is -0.450 e. The van der Waals surface area contributed by atoms with Crippen molar-refractivity contribution in [1.29, 1.82) is 0 Å². The molecule has 0 aromatic rings. The fourth-order valence-electron chi connectivity index (χ4n) is 0.291. The SMILES string of the molecule is O=C(O)OC(F)C(F)(F)C(F)(F)F. The zero-order valence-corrected chi connectivity index (χ0v) is 5.61. The second-order valence-corrected chi connectivity index (χ2v) is 1.82. The Balaban J connectivity index is 4.54. The highest BCUT2D eigenvalue weighted by molar-refractivity contribution is 5.57. The van der Waals surface area contributed by atoms with Crippen LogP contribution in [0.5, 0.6) is 0 Å². The second-order valence-electron chi connectivity index (χ2n) is 1.82. The van der Waals surface area contributed by atoms with Gasteiger partial charge in [0, 0.05) is 0 Å². The lowest BCUT2D eigenvalue weighted by atomic mass is 10.3. The van der Waals surface area contributed by atoms with Crippen molar-refractivity contribution in [3.63, 3.8) is 0 Å². The normalized spacial score (nSPS) is 15.2. The number of alkyl halides is 6. The van der Waals surface area contributed by atoms with E-state index in [4.69, 9.17) is 5.11 Å². The smallest absolute Gasteiger partial charge is 0.450 e. The van der Waals surface area contributed by atoms with E-state index in [0.29, 0.717) is 0 Å². The molecule has 0 spiro atoms. The molecule has 0 aromatic heterocycles. The summed E-state index contributed by atoms with van der Waals surface area (Å²) in [5.74, 6) is -5.84. The van der Waals surface area contributed by atoms with E-state index in [-0.39, 0.29) is 0 Å². The Labute approximate surface area is 66.9 Å². The summed E-state index contributed by atoms with van der Waals surface area (Å²) in [5.41, 5.74) is 0. The summed E-state index contributed by atoms with van der Waals surface area (Å²) in [7, 11) is 0. The van der Waals surface area contributed by atoms with Gasteiger partial charge in [0.05, 0.1) is 0 Å². The third-order valence-corrected chi connectivity index (χ3v) is 0.867. The number of hydrogen-bond acceptors (Lipinski definition) is 2. The van der Waals surface area contributed by atoms with Crippen molar-refractivity contribution >= 4 is 6.16 Å². The molecule has 0 aromatic carbocycles. The van der Waals surface area contributed by atoms with Crippen LogP contribution in [0, 0.1) is 0 Å². The van der Waals surface area contributed by atoms with E-state index in [1.807, 2.05) is 0 Å². The van der Waals surface area contributed by atoms with E-state index in [0.717, 1.165) is 0 Å². The first kappa shape index (κ1) is 11.8. The van der Waals surface area contributed by atoms with Crippen molar-refractivity contribution in [2.24, 2.45) is 0 Å². The molecular weight excluding hydrogens is 210 g/mol. The van der Waals surface area contributed by atoms with Crippen LogP contribution in [0.4, 0.5) is 31.1 Å². The van der Waals surface area contributed by atoms with E-state index in [1.165, 1.54) is 0 Å². The Hall–Kier alpha value is -1.15. The topological polar surface area (TPSA) is 46.5 Å². The van der Waals surface area contributed by atoms with Crippen molar-refractivity contribution in [3.8, 4) is 0 Å². The van der Waals surface area contributed by atoms with E-state index < -0.39 is 24.6 Å². The van der Waals surface area contributed by atoms with Gasteiger partial charge in [0.2, 0.25) is 0 Å². The molecule has 0 amide bonds. The summed E-state index contributed by atoms with van der Waals surface area (Å²) in [5, 5.41) is 7.55. The average Bonchev–Trinajstić information content (AvgIpc) is 1.82. The van der Waals surface area contributed by atoms with Crippen molar-refractivity contribution in [1.82, 2.24) is 0 Å². The van der Waals surface area contributed by atoms with E-state index in [2.05, 4.69) is 4.74 Å². The Bertz CT molecular complexity index is 199. The Morgan fingerprint density at radius 3 is 1.85 bits per heavy atom. The largest absolute Gasteiger partial charge is 0.508 e. The molecule has 0 bridgehead atoms. The fraction of sp³-hybridized carbons (Fsp3) is 0.750. The molecule has 78 valence electrons. The molecule has 0 aliphatic heterocycles. The zero-order valence-electron chi connectivity index (χ0n) is 5.61. The number of ether oxygens (including phenoxy) is 1. The third kappa shape index (κ3) is 2.67.